The van der Waals surface area contributed by atoms with Gasteiger partial charge in [-0.3, -0.25) is 0 Å². The second-order valence-electron chi connectivity index (χ2n) is 9.31. The Morgan fingerprint density at radius 3 is 1.94 bits per heavy atom. The molecule has 0 amide bonds. The SMILES string of the molecule is Cc1cc(-c2ccccc2)cc(C)c1-n1nc(C)[n+](C(C)C)c1-c1ccccc1C(C)C. The topological polar surface area (TPSA) is 21.7 Å². The lowest BCUT2D eigenvalue weighted by molar-refractivity contribution is -0.711. The lowest BCUT2D eigenvalue weighted by Gasteiger charge is -2.15. The Labute approximate surface area is 192 Å². The molecular weight excluding hydrogens is 390 g/mol. The van der Waals surface area contributed by atoms with Crippen LogP contribution in [0.1, 0.15) is 62.2 Å². The zero-order chi connectivity index (χ0) is 23.0. The van der Waals surface area contributed by atoms with Gasteiger partial charge in [0.15, 0.2) is 0 Å². The van der Waals surface area contributed by atoms with Crippen LogP contribution in [0.25, 0.3) is 28.2 Å². The Kier molecular flexibility index (Phi) is 6.01. The summed E-state index contributed by atoms with van der Waals surface area (Å²) in [5, 5.41) is 5.08. The number of nitrogens with zero attached hydrogens (tertiary/aromatic N) is 3. The molecule has 0 radical (unpaired) electrons. The molecule has 0 atom stereocenters. The van der Waals surface area contributed by atoms with Crippen LogP contribution in [0.2, 0.25) is 0 Å². The first-order chi connectivity index (χ1) is 15.3. The smallest absolute Gasteiger partial charge is 0.225 e. The summed E-state index contributed by atoms with van der Waals surface area (Å²) in [4.78, 5) is 0. The predicted octanol–water partition coefficient (Wildman–Crippen LogP) is 7.12. The third kappa shape index (κ3) is 3.88. The number of benzene rings is 3. The molecule has 0 N–H and O–H groups in total. The van der Waals surface area contributed by atoms with Crippen molar-refractivity contribution in [3.63, 3.8) is 0 Å². The molecule has 0 aliphatic carbocycles. The summed E-state index contributed by atoms with van der Waals surface area (Å²) in [6.07, 6.45) is 0. The quantitative estimate of drug-likeness (QED) is 0.312. The molecule has 4 rings (SSSR count). The van der Waals surface area contributed by atoms with Gasteiger partial charge in [0.05, 0.1) is 11.6 Å². The van der Waals surface area contributed by atoms with Crippen molar-refractivity contribution in [3.8, 4) is 28.2 Å². The fraction of sp³-hybridized carbons (Fsp3) is 0.310. The molecule has 3 aromatic carbocycles. The van der Waals surface area contributed by atoms with Crippen molar-refractivity contribution in [1.82, 2.24) is 9.78 Å². The molecule has 1 aromatic heterocycles. The second kappa shape index (κ2) is 8.74. The summed E-state index contributed by atoms with van der Waals surface area (Å²) in [5.74, 6) is 2.61. The Bertz CT molecular complexity index is 1220. The minimum absolute atomic E-state index is 0.308. The normalized spacial score (nSPS) is 11.5. The van der Waals surface area contributed by atoms with Crippen molar-refractivity contribution < 1.29 is 4.57 Å². The average Bonchev–Trinajstić information content (AvgIpc) is 3.10. The van der Waals surface area contributed by atoms with Gasteiger partial charge in [-0.05, 0) is 79.6 Å². The lowest BCUT2D eigenvalue weighted by atomic mass is 9.96. The minimum Gasteiger partial charge on any atom is -0.225 e. The number of aromatic nitrogens is 3. The Balaban J connectivity index is 2.00. The highest BCUT2D eigenvalue weighted by Gasteiger charge is 2.31. The molecular formula is C29H34N3+. The van der Waals surface area contributed by atoms with Gasteiger partial charge in [-0.1, -0.05) is 67.1 Å². The van der Waals surface area contributed by atoms with Gasteiger partial charge < -0.3 is 0 Å². The van der Waals surface area contributed by atoms with Crippen LogP contribution in [0, 0.1) is 20.8 Å². The Hall–Kier alpha value is -3.20. The molecule has 1 heterocycles. The molecule has 0 aliphatic heterocycles. The van der Waals surface area contributed by atoms with E-state index >= 15 is 0 Å². The fourth-order valence-electron chi connectivity index (χ4n) is 4.80. The number of hydrogen-bond acceptors (Lipinski definition) is 1. The van der Waals surface area contributed by atoms with Crippen LogP contribution in [0.4, 0.5) is 0 Å². The first kappa shape index (κ1) is 22.0. The van der Waals surface area contributed by atoms with E-state index < -0.39 is 0 Å². The van der Waals surface area contributed by atoms with E-state index in [2.05, 4.69) is 124 Å². The molecule has 3 nitrogen and oxygen atoms in total. The Morgan fingerprint density at radius 2 is 1.34 bits per heavy atom. The summed E-state index contributed by atoms with van der Waals surface area (Å²) in [6.45, 7) is 15.5. The summed E-state index contributed by atoms with van der Waals surface area (Å²) < 4.78 is 4.54. The second-order valence-corrected chi connectivity index (χ2v) is 9.31. The zero-order valence-corrected chi connectivity index (χ0v) is 20.3. The standard InChI is InChI=1S/C29H34N3/c1-19(2)26-15-11-12-16-27(26)29-31(20(3)4)23(7)30-32(29)28-21(5)17-25(18-22(28)6)24-13-9-8-10-14-24/h8-20H,1-7H3/q+1. The number of aryl methyl sites for hydroxylation is 3. The van der Waals surface area contributed by atoms with E-state index in [1.165, 1.54) is 39.1 Å². The van der Waals surface area contributed by atoms with Crippen LogP contribution in [-0.2, 0) is 0 Å². The van der Waals surface area contributed by atoms with E-state index in [0.717, 1.165) is 11.6 Å². The molecule has 3 heteroatoms. The molecule has 164 valence electrons. The van der Waals surface area contributed by atoms with E-state index in [-0.39, 0.29) is 0 Å². The summed E-state index contributed by atoms with van der Waals surface area (Å²) in [7, 11) is 0. The minimum atomic E-state index is 0.308. The van der Waals surface area contributed by atoms with Crippen molar-refractivity contribution in [2.24, 2.45) is 0 Å². The molecule has 4 aromatic rings. The highest BCUT2D eigenvalue weighted by molar-refractivity contribution is 5.70. The van der Waals surface area contributed by atoms with Crippen molar-refractivity contribution in [1.29, 1.82) is 0 Å². The van der Waals surface area contributed by atoms with Gasteiger partial charge in [0.1, 0.15) is 5.69 Å². The van der Waals surface area contributed by atoms with Gasteiger partial charge in [0.25, 0.3) is 11.6 Å². The third-order valence-corrected chi connectivity index (χ3v) is 6.17. The molecule has 0 saturated heterocycles. The molecule has 0 unspecified atom stereocenters. The lowest BCUT2D eigenvalue weighted by Crippen LogP contribution is -2.40. The van der Waals surface area contributed by atoms with Gasteiger partial charge >= 0.3 is 0 Å². The largest absolute Gasteiger partial charge is 0.275 e. The van der Waals surface area contributed by atoms with Crippen LogP contribution in [0.5, 0.6) is 0 Å². The third-order valence-electron chi connectivity index (χ3n) is 6.17. The van der Waals surface area contributed by atoms with Gasteiger partial charge in [-0.15, -0.1) is 0 Å². The summed E-state index contributed by atoms with van der Waals surface area (Å²) >= 11 is 0. The van der Waals surface area contributed by atoms with E-state index in [1.54, 1.807) is 0 Å². The van der Waals surface area contributed by atoms with Crippen molar-refractivity contribution in [2.75, 3.05) is 0 Å². The van der Waals surface area contributed by atoms with Crippen LogP contribution in [0.15, 0.2) is 66.7 Å². The summed E-state index contributed by atoms with van der Waals surface area (Å²) in [5.41, 5.74) is 8.71. The van der Waals surface area contributed by atoms with Gasteiger partial charge in [-0.2, -0.15) is 0 Å². The van der Waals surface area contributed by atoms with Gasteiger partial charge in [0, 0.05) is 12.0 Å². The molecule has 0 saturated carbocycles. The van der Waals surface area contributed by atoms with E-state index in [1.807, 2.05) is 0 Å². The van der Waals surface area contributed by atoms with Crippen LogP contribution >= 0.6 is 0 Å². The maximum atomic E-state index is 5.08. The van der Waals surface area contributed by atoms with Gasteiger partial charge in [0.2, 0.25) is 0 Å². The van der Waals surface area contributed by atoms with Crippen LogP contribution in [0.3, 0.4) is 0 Å². The van der Waals surface area contributed by atoms with E-state index in [0.29, 0.717) is 12.0 Å². The van der Waals surface area contributed by atoms with Crippen molar-refractivity contribution in [3.05, 3.63) is 89.2 Å². The van der Waals surface area contributed by atoms with E-state index in [9.17, 15) is 0 Å². The molecule has 0 spiro atoms. The molecule has 0 aliphatic rings. The molecule has 32 heavy (non-hydrogen) atoms. The number of hydrogen-bond donors (Lipinski definition) is 0. The van der Waals surface area contributed by atoms with Gasteiger partial charge in [-0.25, -0.2) is 4.57 Å². The Morgan fingerprint density at radius 1 is 0.750 bits per heavy atom. The highest BCUT2D eigenvalue weighted by Crippen LogP contribution is 2.33. The van der Waals surface area contributed by atoms with E-state index in [4.69, 9.17) is 5.10 Å². The van der Waals surface area contributed by atoms with Crippen LogP contribution < -0.4 is 4.57 Å². The first-order valence-corrected chi connectivity index (χ1v) is 11.6. The predicted molar refractivity (Wildman–Crippen MR) is 133 cm³/mol. The van der Waals surface area contributed by atoms with Crippen molar-refractivity contribution in [2.45, 2.75) is 60.4 Å². The highest BCUT2D eigenvalue weighted by atomic mass is 15.4. The maximum absolute atomic E-state index is 5.08. The summed E-state index contributed by atoms with van der Waals surface area (Å²) in [6, 6.07) is 24.2. The maximum Gasteiger partial charge on any atom is 0.275 e. The first-order valence-electron chi connectivity index (χ1n) is 11.6. The fourth-order valence-corrected chi connectivity index (χ4v) is 4.80. The zero-order valence-electron chi connectivity index (χ0n) is 20.3. The number of rotatable bonds is 5. The average molecular weight is 425 g/mol. The molecule has 0 fully saturated rings. The monoisotopic (exact) mass is 424 g/mol. The van der Waals surface area contributed by atoms with Crippen molar-refractivity contribution >= 4 is 0 Å². The molecule has 0 bridgehead atoms. The van der Waals surface area contributed by atoms with Crippen LogP contribution in [-0.4, -0.2) is 9.78 Å².